The number of hydrogen-bond acceptors (Lipinski definition) is 1. The van der Waals surface area contributed by atoms with E-state index >= 15 is 0 Å². The topological polar surface area (TPSA) is 34.0 Å². The van der Waals surface area contributed by atoms with E-state index < -0.39 is 0 Å². The molecule has 4 heteroatoms. The van der Waals surface area contributed by atoms with Crippen LogP contribution in [0.5, 0.6) is 0 Å². The van der Waals surface area contributed by atoms with Crippen LogP contribution in [0.1, 0.15) is 10.5 Å². The van der Waals surface area contributed by atoms with Gasteiger partial charge in [0.1, 0.15) is 11.5 Å². The summed E-state index contributed by atoms with van der Waals surface area (Å²) in [4.78, 5) is 11.8. The average molecular weight is 232 g/mol. The molecular formula is C13H13FN2O. The summed E-state index contributed by atoms with van der Waals surface area (Å²) in [6.45, 7) is 3.94. The van der Waals surface area contributed by atoms with Crippen LogP contribution in [0.2, 0.25) is 0 Å². The Morgan fingerprint density at radius 3 is 3.00 bits per heavy atom. The van der Waals surface area contributed by atoms with Crippen LogP contribution in [0.15, 0.2) is 36.9 Å². The molecule has 0 saturated carbocycles. The Morgan fingerprint density at radius 1 is 1.53 bits per heavy atom. The van der Waals surface area contributed by atoms with E-state index in [2.05, 4.69) is 11.9 Å². The highest BCUT2D eigenvalue weighted by atomic mass is 19.1. The molecule has 0 aliphatic heterocycles. The molecule has 1 aromatic carbocycles. The first-order valence-corrected chi connectivity index (χ1v) is 5.27. The van der Waals surface area contributed by atoms with Gasteiger partial charge >= 0.3 is 0 Å². The van der Waals surface area contributed by atoms with Crippen LogP contribution in [0, 0.1) is 5.82 Å². The zero-order valence-corrected chi connectivity index (χ0v) is 9.53. The number of nitrogens with zero attached hydrogens (tertiary/aromatic N) is 1. The predicted octanol–water partition coefficient (Wildman–Crippen LogP) is 2.23. The van der Waals surface area contributed by atoms with E-state index in [1.165, 1.54) is 12.1 Å². The zero-order chi connectivity index (χ0) is 12.4. The predicted molar refractivity (Wildman–Crippen MR) is 65.4 cm³/mol. The SMILES string of the molecule is C=CCNC(=O)c1cc2ccc(F)cc2n1C. The Hall–Kier alpha value is -2.10. The highest BCUT2D eigenvalue weighted by Gasteiger charge is 2.12. The molecule has 2 aromatic rings. The number of hydrogen-bond donors (Lipinski definition) is 1. The van der Waals surface area contributed by atoms with Gasteiger partial charge in [0, 0.05) is 19.0 Å². The first-order valence-electron chi connectivity index (χ1n) is 5.27. The molecular weight excluding hydrogens is 219 g/mol. The molecule has 1 heterocycles. The summed E-state index contributed by atoms with van der Waals surface area (Å²) in [6.07, 6.45) is 1.61. The monoisotopic (exact) mass is 232 g/mol. The highest BCUT2D eigenvalue weighted by molar-refractivity contribution is 5.98. The number of fused-ring (bicyclic) bond motifs is 1. The molecule has 0 atom stereocenters. The van der Waals surface area contributed by atoms with Crippen LogP contribution in [0.4, 0.5) is 4.39 Å². The molecule has 1 aromatic heterocycles. The van der Waals surface area contributed by atoms with E-state index in [-0.39, 0.29) is 11.7 Å². The van der Waals surface area contributed by atoms with Crippen molar-refractivity contribution in [3.8, 4) is 0 Å². The zero-order valence-electron chi connectivity index (χ0n) is 9.53. The van der Waals surface area contributed by atoms with Crippen LogP contribution in [-0.4, -0.2) is 17.0 Å². The summed E-state index contributed by atoms with van der Waals surface area (Å²) < 4.78 is 14.8. The number of rotatable bonds is 3. The normalized spacial score (nSPS) is 10.5. The number of halogens is 1. The quantitative estimate of drug-likeness (QED) is 0.809. The van der Waals surface area contributed by atoms with Crippen molar-refractivity contribution in [2.45, 2.75) is 0 Å². The Morgan fingerprint density at radius 2 is 2.29 bits per heavy atom. The summed E-state index contributed by atoms with van der Waals surface area (Å²) in [6, 6.07) is 6.20. The average Bonchev–Trinajstić information content (AvgIpc) is 2.64. The molecule has 0 spiro atoms. The Labute approximate surface area is 98.5 Å². The number of carbonyl (C=O) groups excluding carboxylic acids is 1. The van der Waals surface area contributed by atoms with Gasteiger partial charge in [0.25, 0.3) is 5.91 Å². The van der Waals surface area contributed by atoms with E-state index in [1.807, 2.05) is 0 Å². The van der Waals surface area contributed by atoms with Crippen molar-refractivity contribution in [2.24, 2.45) is 7.05 Å². The van der Waals surface area contributed by atoms with Gasteiger partial charge in [-0.15, -0.1) is 6.58 Å². The smallest absolute Gasteiger partial charge is 0.268 e. The lowest BCUT2D eigenvalue weighted by Gasteiger charge is -2.04. The number of amides is 1. The molecule has 0 fully saturated rings. The summed E-state index contributed by atoms with van der Waals surface area (Å²) in [5.41, 5.74) is 1.21. The van der Waals surface area contributed by atoms with Crippen LogP contribution in [0.3, 0.4) is 0 Å². The van der Waals surface area contributed by atoms with Crippen LogP contribution >= 0.6 is 0 Å². The largest absolute Gasteiger partial charge is 0.347 e. The van der Waals surface area contributed by atoms with E-state index in [0.29, 0.717) is 17.8 Å². The van der Waals surface area contributed by atoms with Gasteiger partial charge < -0.3 is 9.88 Å². The summed E-state index contributed by atoms with van der Waals surface area (Å²) >= 11 is 0. The highest BCUT2D eigenvalue weighted by Crippen LogP contribution is 2.19. The van der Waals surface area contributed by atoms with Gasteiger partial charge in [0.05, 0.1) is 5.52 Å². The Bertz CT molecular complexity index is 586. The van der Waals surface area contributed by atoms with Crippen molar-refractivity contribution < 1.29 is 9.18 Å². The molecule has 0 unspecified atom stereocenters. The third-order valence-corrected chi connectivity index (χ3v) is 2.65. The summed E-state index contributed by atoms with van der Waals surface area (Å²) in [7, 11) is 1.74. The maximum Gasteiger partial charge on any atom is 0.268 e. The molecule has 17 heavy (non-hydrogen) atoms. The minimum absolute atomic E-state index is 0.191. The molecule has 0 bridgehead atoms. The third kappa shape index (κ3) is 2.06. The summed E-state index contributed by atoms with van der Waals surface area (Å²) in [5, 5.41) is 3.54. The lowest BCUT2D eigenvalue weighted by Crippen LogP contribution is -2.25. The standard InChI is InChI=1S/C13H13FN2O/c1-3-6-15-13(17)12-7-9-4-5-10(14)8-11(9)16(12)2/h3-5,7-8H,1,6H2,2H3,(H,15,17). The number of benzene rings is 1. The maximum atomic E-state index is 13.1. The minimum atomic E-state index is -0.309. The van der Waals surface area contributed by atoms with Crippen molar-refractivity contribution in [1.82, 2.24) is 9.88 Å². The van der Waals surface area contributed by atoms with Gasteiger partial charge in [-0.1, -0.05) is 6.08 Å². The fraction of sp³-hybridized carbons (Fsp3) is 0.154. The van der Waals surface area contributed by atoms with Gasteiger partial charge in [-0.2, -0.15) is 0 Å². The minimum Gasteiger partial charge on any atom is -0.347 e. The van der Waals surface area contributed by atoms with Crippen molar-refractivity contribution in [2.75, 3.05) is 6.54 Å². The van der Waals surface area contributed by atoms with Crippen molar-refractivity contribution in [3.05, 3.63) is 48.4 Å². The van der Waals surface area contributed by atoms with Crippen molar-refractivity contribution in [3.63, 3.8) is 0 Å². The number of aromatic nitrogens is 1. The molecule has 0 radical (unpaired) electrons. The molecule has 3 nitrogen and oxygen atoms in total. The van der Waals surface area contributed by atoms with Crippen molar-refractivity contribution >= 4 is 16.8 Å². The van der Waals surface area contributed by atoms with Gasteiger partial charge in [-0.3, -0.25) is 4.79 Å². The molecule has 1 N–H and O–H groups in total. The van der Waals surface area contributed by atoms with Gasteiger partial charge in [0.2, 0.25) is 0 Å². The molecule has 0 aliphatic carbocycles. The molecule has 2 rings (SSSR count). The lowest BCUT2D eigenvalue weighted by atomic mass is 10.2. The number of aryl methyl sites for hydroxylation is 1. The van der Waals surface area contributed by atoms with Crippen LogP contribution < -0.4 is 5.32 Å². The molecule has 88 valence electrons. The van der Waals surface area contributed by atoms with Crippen LogP contribution in [0.25, 0.3) is 10.9 Å². The Balaban J connectivity index is 2.45. The Kier molecular flexibility index (Phi) is 2.95. The second-order valence-corrected chi connectivity index (χ2v) is 3.79. The maximum absolute atomic E-state index is 13.1. The van der Waals surface area contributed by atoms with E-state index in [4.69, 9.17) is 0 Å². The number of carbonyl (C=O) groups is 1. The van der Waals surface area contributed by atoms with Crippen molar-refractivity contribution in [1.29, 1.82) is 0 Å². The first-order chi connectivity index (χ1) is 8.13. The fourth-order valence-corrected chi connectivity index (χ4v) is 1.78. The van der Waals surface area contributed by atoms with Crippen LogP contribution in [-0.2, 0) is 7.05 Å². The van der Waals surface area contributed by atoms with E-state index in [9.17, 15) is 9.18 Å². The second-order valence-electron chi connectivity index (χ2n) is 3.79. The first kappa shape index (κ1) is 11.4. The van der Waals surface area contributed by atoms with E-state index in [0.717, 1.165) is 5.39 Å². The summed E-state index contributed by atoms with van der Waals surface area (Å²) in [5.74, 6) is -0.499. The fourth-order valence-electron chi connectivity index (χ4n) is 1.78. The molecule has 0 aliphatic rings. The number of nitrogens with one attached hydrogen (secondary N) is 1. The van der Waals surface area contributed by atoms with E-state index in [1.54, 1.807) is 29.8 Å². The van der Waals surface area contributed by atoms with Gasteiger partial charge in [-0.05, 0) is 24.3 Å². The van der Waals surface area contributed by atoms with Gasteiger partial charge in [-0.25, -0.2) is 4.39 Å². The van der Waals surface area contributed by atoms with Gasteiger partial charge in [0.15, 0.2) is 0 Å². The molecule has 0 saturated heterocycles. The lowest BCUT2D eigenvalue weighted by molar-refractivity contribution is 0.0950. The molecule has 1 amide bonds. The third-order valence-electron chi connectivity index (χ3n) is 2.65. The second kappa shape index (κ2) is 4.41.